The minimum absolute atomic E-state index is 0.170. The van der Waals surface area contributed by atoms with E-state index in [4.69, 9.17) is 0 Å². The number of hydrogen-bond acceptors (Lipinski definition) is 2. The van der Waals surface area contributed by atoms with Crippen LogP contribution >= 0.6 is 0 Å². The molecule has 4 heteroatoms. The molecule has 0 heterocycles. The second-order valence-electron chi connectivity index (χ2n) is 6.02. The molecule has 2 N–H and O–H groups in total. The number of aliphatic hydroxyl groups is 1. The van der Waals surface area contributed by atoms with Crippen LogP contribution in [0.2, 0.25) is 0 Å². The van der Waals surface area contributed by atoms with E-state index in [1.165, 1.54) is 18.4 Å². The number of nitrogens with one attached hydrogen (secondary N) is 1. The lowest BCUT2D eigenvalue weighted by atomic mass is 10.1. The molecule has 1 unspecified atom stereocenters. The lowest BCUT2D eigenvalue weighted by Gasteiger charge is -2.21. The molecule has 1 saturated carbocycles. The number of hydrogen-bond donors (Lipinski definition) is 2. The van der Waals surface area contributed by atoms with Crippen molar-refractivity contribution in [3.05, 3.63) is 29.8 Å². The number of carbonyl (C=O) groups is 1. The molecule has 4 nitrogen and oxygen atoms in total. The van der Waals surface area contributed by atoms with Crippen LogP contribution in [-0.4, -0.2) is 35.7 Å². The molecule has 0 spiro atoms. The largest absolute Gasteiger partial charge is 0.391 e. The highest BCUT2D eigenvalue weighted by molar-refractivity contribution is 5.89. The zero-order valence-electron chi connectivity index (χ0n) is 13.0. The second kappa shape index (κ2) is 7.46. The van der Waals surface area contributed by atoms with E-state index in [0.717, 1.165) is 24.9 Å². The number of urea groups is 1. The Morgan fingerprint density at radius 2 is 2.05 bits per heavy atom. The molecular weight excluding hydrogens is 264 g/mol. The van der Waals surface area contributed by atoms with Crippen LogP contribution in [0.1, 0.15) is 38.2 Å². The van der Waals surface area contributed by atoms with Gasteiger partial charge in [-0.25, -0.2) is 4.79 Å². The summed E-state index contributed by atoms with van der Waals surface area (Å²) in [4.78, 5) is 13.6. The van der Waals surface area contributed by atoms with Crippen LogP contribution in [0.3, 0.4) is 0 Å². The van der Waals surface area contributed by atoms with E-state index in [2.05, 4.69) is 24.4 Å². The predicted octanol–water partition coefficient (Wildman–Crippen LogP) is 3.26. The molecule has 1 atom stereocenters. The van der Waals surface area contributed by atoms with E-state index in [9.17, 15) is 9.90 Å². The van der Waals surface area contributed by atoms with Crippen molar-refractivity contribution in [1.82, 2.24) is 4.90 Å². The average molecular weight is 290 g/mol. The number of nitrogens with zero attached hydrogens (tertiary/aromatic N) is 1. The summed E-state index contributed by atoms with van der Waals surface area (Å²) in [5.41, 5.74) is 2.10. The number of rotatable bonds is 7. The van der Waals surface area contributed by atoms with Crippen molar-refractivity contribution < 1.29 is 9.90 Å². The lowest BCUT2D eigenvalue weighted by molar-refractivity contribution is 0.117. The standard InChI is InChI=1S/C17H26N2O2/c1-3-4-5-13-6-10-15(11-7-13)18-17(21)19(2)12-16(20)14-8-9-14/h6-7,10-11,14,16,20H,3-5,8-9,12H2,1-2H3,(H,18,21). The molecule has 1 aliphatic rings. The Labute approximate surface area is 127 Å². The van der Waals surface area contributed by atoms with Gasteiger partial charge in [0.1, 0.15) is 0 Å². The van der Waals surface area contributed by atoms with Crippen LogP contribution in [0.5, 0.6) is 0 Å². The molecular formula is C17H26N2O2. The zero-order valence-corrected chi connectivity index (χ0v) is 13.0. The van der Waals surface area contributed by atoms with Gasteiger partial charge in [-0.15, -0.1) is 0 Å². The van der Waals surface area contributed by atoms with Crippen LogP contribution in [0.4, 0.5) is 10.5 Å². The van der Waals surface area contributed by atoms with E-state index >= 15 is 0 Å². The van der Waals surface area contributed by atoms with Crippen molar-refractivity contribution >= 4 is 11.7 Å². The Bertz CT molecular complexity index is 454. The van der Waals surface area contributed by atoms with E-state index in [1.807, 2.05) is 12.1 Å². The number of benzene rings is 1. The van der Waals surface area contributed by atoms with Gasteiger partial charge in [-0.05, 0) is 49.3 Å². The van der Waals surface area contributed by atoms with Crippen molar-refractivity contribution in [3.63, 3.8) is 0 Å². The third-order valence-corrected chi connectivity index (χ3v) is 4.00. The summed E-state index contributed by atoms with van der Waals surface area (Å²) in [6, 6.07) is 7.83. The summed E-state index contributed by atoms with van der Waals surface area (Å²) in [6.45, 7) is 2.57. The van der Waals surface area contributed by atoms with Gasteiger partial charge in [0, 0.05) is 19.3 Å². The molecule has 1 aliphatic carbocycles. The van der Waals surface area contributed by atoms with Gasteiger partial charge in [-0.2, -0.15) is 0 Å². The highest BCUT2D eigenvalue weighted by Gasteiger charge is 2.31. The molecule has 21 heavy (non-hydrogen) atoms. The first-order chi connectivity index (χ1) is 10.1. The molecule has 1 aromatic rings. The molecule has 2 rings (SSSR count). The van der Waals surface area contributed by atoms with Crippen molar-refractivity contribution in [2.24, 2.45) is 5.92 Å². The minimum Gasteiger partial charge on any atom is -0.391 e. The zero-order chi connectivity index (χ0) is 15.2. The quantitative estimate of drug-likeness (QED) is 0.810. The van der Waals surface area contributed by atoms with Crippen molar-refractivity contribution in [2.45, 2.75) is 45.1 Å². The van der Waals surface area contributed by atoms with Crippen LogP contribution in [0.25, 0.3) is 0 Å². The number of aryl methyl sites for hydroxylation is 1. The Balaban J connectivity index is 1.80. The summed E-state index contributed by atoms with van der Waals surface area (Å²) in [6.07, 6.45) is 5.22. The topological polar surface area (TPSA) is 52.6 Å². The van der Waals surface area contributed by atoms with Gasteiger partial charge in [0.25, 0.3) is 0 Å². The summed E-state index contributed by atoms with van der Waals surface area (Å²) < 4.78 is 0. The Kier molecular flexibility index (Phi) is 5.62. The summed E-state index contributed by atoms with van der Waals surface area (Å²) in [5.74, 6) is 0.387. The number of unbranched alkanes of at least 4 members (excludes halogenated alkanes) is 1. The fourth-order valence-electron chi connectivity index (χ4n) is 2.35. The van der Waals surface area contributed by atoms with E-state index in [1.54, 1.807) is 11.9 Å². The molecule has 0 bridgehead atoms. The molecule has 116 valence electrons. The van der Waals surface area contributed by atoms with Crippen molar-refractivity contribution in [3.8, 4) is 0 Å². The molecule has 0 radical (unpaired) electrons. The first kappa shape index (κ1) is 15.8. The minimum atomic E-state index is -0.392. The first-order valence-electron chi connectivity index (χ1n) is 7.89. The van der Waals surface area contributed by atoms with E-state index in [-0.39, 0.29) is 6.03 Å². The van der Waals surface area contributed by atoms with Crippen LogP contribution in [0, 0.1) is 5.92 Å². The fourth-order valence-corrected chi connectivity index (χ4v) is 2.35. The summed E-state index contributed by atoms with van der Waals surface area (Å²) in [5, 5.41) is 12.7. The van der Waals surface area contributed by atoms with Gasteiger partial charge in [0.05, 0.1) is 6.10 Å². The Morgan fingerprint density at radius 3 is 2.62 bits per heavy atom. The maximum atomic E-state index is 12.1. The second-order valence-corrected chi connectivity index (χ2v) is 6.02. The van der Waals surface area contributed by atoms with Gasteiger partial charge >= 0.3 is 6.03 Å². The van der Waals surface area contributed by atoms with Crippen molar-refractivity contribution in [2.75, 3.05) is 18.9 Å². The highest BCUT2D eigenvalue weighted by Crippen LogP contribution is 2.32. The van der Waals surface area contributed by atoms with Crippen LogP contribution < -0.4 is 5.32 Å². The van der Waals surface area contributed by atoms with Crippen LogP contribution in [0.15, 0.2) is 24.3 Å². The Morgan fingerprint density at radius 1 is 1.38 bits per heavy atom. The SMILES string of the molecule is CCCCc1ccc(NC(=O)N(C)CC(O)C2CC2)cc1. The fraction of sp³-hybridized carbons (Fsp3) is 0.588. The summed E-state index contributed by atoms with van der Waals surface area (Å²) in [7, 11) is 1.72. The third-order valence-electron chi connectivity index (χ3n) is 4.00. The smallest absolute Gasteiger partial charge is 0.321 e. The van der Waals surface area contributed by atoms with Gasteiger partial charge in [-0.3, -0.25) is 0 Å². The van der Waals surface area contributed by atoms with Crippen LogP contribution in [-0.2, 0) is 6.42 Å². The monoisotopic (exact) mass is 290 g/mol. The van der Waals surface area contributed by atoms with Crippen molar-refractivity contribution in [1.29, 1.82) is 0 Å². The number of amides is 2. The normalized spacial score (nSPS) is 15.6. The van der Waals surface area contributed by atoms with Gasteiger partial charge in [-0.1, -0.05) is 25.5 Å². The van der Waals surface area contributed by atoms with E-state index < -0.39 is 6.10 Å². The van der Waals surface area contributed by atoms with E-state index in [0.29, 0.717) is 12.5 Å². The Hall–Kier alpha value is -1.55. The maximum Gasteiger partial charge on any atom is 0.321 e. The maximum absolute atomic E-state index is 12.1. The van der Waals surface area contributed by atoms with Gasteiger partial charge in [0.2, 0.25) is 0 Å². The number of aliphatic hydroxyl groups excluding tert-OH is 1. The average Bonchev–Trinajstić information content (AvgIpc) is 3.31. The lowest BCUT2D eigenvalue weighted by Crippen LogP contribution is -2.37. The highest BCUT2D eigenvalue weighted by atomic mass is 16.3. The predicted molar refractivity (Wildman–Crippen MR) is 85.4 cm³/mol. The number of carbonyl (C=O) groups excluding carboxylic acids is 1. The molecule has 2 amide bonds. The molecule has 1 fully saturated rings. The summed E-state index contributed by atoms with van der Waals surface area (Å²) >= 11 is 0. The van der Waals surface area contributed by atoms with Gasteiger partial charge in [0.15, 0.2) is 0 Å². The molecule has 0 aromatic heterocycles. The van der Waals surface area contributed by atoms with Gasteiger partial charge < -0.3 is 15.3 Å². The number of anilines is 1. The third kappa shape index (κ3) is 5.05. The molecule has 1 aromatic carbocycles. The molecule has 0 aliphatic heterocycles. The first-order valence-corrected chi connectivity index (χ1v) is 7.89. The number of likely N-dealkylation sites (N-methyl/N-ethyl adjacent to an activating group) is 1. The molecule has 0 saturated heterocycles.